The number of methoxy groups -OCH3 is 1. The largest absolute Gasteiger partial charge is 0.497 e. The van der Waals surface area contributed by atoms with Crippen molar-refractivity contribution in [1.29, 1.82) is 0 Å². The molecule has 38 heavy (non-hydrogen) atoms. The first-order valence-electron chi connectivity index (χ1n) is 12.5. The molecule has 0 radical (unpaired) electrons. The Labute approximate surface area is 227 Å². The lowest BCUT2D eigenvalue weighted by molar-refractivity contribution is -0.137. The SMILES string of the molecule is COc1ccc(NC2=C(Sc3ccc(NC(=O)CCc4ccccc4)cc3)C(=O)N(CC(C)C)C2=O)cc1. The molecule has 0 saturated carbocycles. The lowest BCUT2D eigenvalue weighted by atomic mass is 10.1. The molecule has 3 aromatic rings. The highest BCUT2D eigenvalue weighted by atomic mass is 32.2. The van der Waals surface area contributed by atoms with Crippen LogP contribution in [0.4, 0.5) is 11.4 Å². The van der Waals surface area contributed by atoms with Crippen LogP contribution >= 0.6 is 11.8 Å². The minimum atomic E-state index is -0.343. The van der Waals surface area contributed by atoms with E-state index in [0.717, 1.165) is 10.5 Å². The van der Waals surface area contributed by atoms with E-state index in [-0.39, 0.29) is 29.3 Å². The highest BCUT2D eigenvalue weighted by molar-refractivity contribution is 8.04. The Kier molecular flexibility index (Phi) is 8.86. The zero-order valence-corrected chi connectivity index (χ0v) is 22.5. The predicted octanol–water partition coefficient (Wildman–Crippen LogP) is 5.71. The van der Waals surface area contributed by atoms with Crippen molar-refractivity contribution >= 4 is 40.9 Å². The number of carbonyl (C=O) groups excluding carboxylic acids is 3. The third kappa shape index (κ3) is 6.83. The maximum Gasteiger partial charge on any atom is 0.278 e. The number of aryl methyl sites for hydroxylation is 1. The molecule has 2 N–H and O–H groups in total. The van der Waals surface area contributed by atoms with Gasteiger partial charge < -0.3 is 15.4 Å². The van der Waals surface area contributed by atoms with Gasteiger partial charge in [0.15, 0.2) is 0 Å². The lowest BCUT2D eigenvalue weighted by Gasteiger charge is -2.17. The topological polar surface area (TPSA) is 87.7 Å². The van der Waals surface area contributed by atoms with Gasteiger partial charge in [0.2, 0.25) is 5.91 Å². The molecule has 0 aliphatic carbocycles. The Hall–Kier alpha value is -4.04. The summed E-state index contributed by atoms with van der Waals surface area (Å²) in [6.07, 6.45) is 1.05. The average Bonchev–Trinajstić information content (AvgIpc) is 3.13. The minimum Gasteiger partial charge on any atom is -0.497 e. The summed E-state index contributed by atoms with van der Waals surface area (Å²) in [6, 6.07) is 24.3. The van der Waals surface area contributed by atoms with E-state index in [9.17, 15) is 14.4 Å². The number of rotatable bonds is 11. The molecule has 3 amide bonds. The van der Waals surface area contributed by atoms with E-state index >= 15 is 0 Å². The molecule has 0 aromatic heterocycles. The molecule has 3 aromatic carbocycles. The molecular weight excluding hydrogens is 498 g/mol. The lowest BCUT2D eigenvalue weighted by Crippen LogP contribution is -2.35. The first-order chi connectivity index (χ1) is 18.3. The number of imide groups is 1. The Balaban J connectivity index is 1.47. The van der Waals surface area contributed by atoms with E-state index in [4.69, 9.17) is 4.74 Å². The second-order valence-corrected chi connectivity index (χ2v) is 10.4. The fourth-order valence-electron chi connectivity index (χ4n) is 3.96. The van der Waals surface area contributed by atoms with E-state index in [0.29, 0.717) is 41.4 Å². The molecule has 1 heterocycles. The highest BCUT2D eigenvalue weighted by Gasteiger charge is 2.39. The summed E-state index contributed by atoms with van der Waals surface area (Å²) in [5.74, 6) is 0.108. The van der Waals surface area contributed by atoms with Crippen LogP contribution in [0.3, 0.4) is 0 Å². The van der Waals surface area contributed by atoms with Crippen molar-refractivity contribution in [2.45, 2.75) is 31.6 Å². The van der Waals surface area contributed by atoms with Gasteiger partial charge in [-0.25, -0.2) is 0 Å². The quantitative estimate of drug-likeness (QED) is 0.310. The Morgan fingerprint density at radius 2 is 1.55 bits per heavy atom. The minimum absolute atomic E-state index is 0.0659. The van der Waals surface area contributed by atoms with Gasteiger partial charge in [0.25, 0.3) is 11.8 Å². The number of hydrogen-bond acceptors (Lipinski definition) is 6. The highest BCUT2D eigenvalue weighted by Crippen LogP contribution is 2.36. The van der Waals surface area contributed by atoms with E-state index in [1.807, 2.05) is 56.3 Å². The number of nitrogens with one attached hydrogen (secondary N) is 2. The van der Waals surface area contributed by atoms with Crippen molar-refractivity contribution in [3.63, 3.8) is 0 Å². The van der Waals surface area contributed by atoms with Crippen molar-refractivity contribution < 1.29 is 19.1 Å². The molecule has 1 aliphatic rings. The third-order valence-electron chi connectivity index (χ3n) is 5.87. The second kappa shape index (κ2) is 12.5. The van der Waals surface area contributed by atoms with Crippen LogP contribution in [0.5, 0.6) is 5.75 Å². The van der Waals surface area contributed by atoms with Crippen LogP contribution in [-0.4, -0.2) is 36.3 Å². The van der Waals surface area contributed by atoms with E-state index in [2.05, 4.69) is 10.6 Å². The number of ether oxygens (including phenoxy) is 1. The predicted molar refractivity (Wildman–Crippen MR) is 151 cm³/mol. The van der Waals surface area contributed by atoms with Crippen LogP contribution in [0, 0.1) is 5.92 Å². The third-order valence-corrected chi connectivity index (χ3v) is 6.96. The standard InChI is InChI=1S/C30H31N3O4S/c1-20(2)19-33-29(35)27(32-23-10-14-24(37-3)15-11-23)28(30(33)36)38-25-16-12-22(13-17-25)31-26(34)18-9-21-7-5-4-6-8-21/h4-8,10-17,20,32H,9,18-19H2,1-3H3,(H,31,34). The van der Waals surface area contributed by atoms with Gasteiger partial charge in [-0.1, -0.05) is 55.9 Å². The van der Waals surface area contributed by atoms with Crippen LogP contribution in [0.2, 0.25) is 0 Å². The monoisotopic (exact) mass is 529 g/mol. The fraction of sp³-hybridized carbons (Fsp3) is 0.233. The first-order valence-corrected chi connectivity index (χ1v) is 13.3. The summed E-state index contributed by atoms with van der Waals surface area (Å²) < 4.78 is 5.21. The zero-order chi connectivity index (χ0) is 27.1. The molecule has 0 unspecified atom stereocenters. The van der Waals surface area contributed by atoms with Gasteiger partial charge >= 0.3 is 0 Å². The van der Waals surface area contributed by atoms with E-state index < -0.39 is 0 Å². The molecule has 0 saturated heterocycles. The number of nitrogens with zero attached hydrogens (tertiary/aromatic N) is 1. The summed E-state index contributed by atoms with van der Waals surface area (Å²) in [5, 5.41) is 6.06. The smallest absolute Gasteiger partial charge is 0.278 e. The van der Waals surface area contributed by atoms with Gasteiger partial charge in [0.1, 0.15) is 16.4 Å². The summed E-state index contributed by atoms with van der Waals surface area (Å²) in [4.78, 5) is 41.3. The number of hydrogen-bond donors (Lipinski definition) is 2. The molecule has 0 fully saturated rings. The van der Waals surface area contributed by atoms with Gasteiger partial charge in [-0.3, -0.25) is 19.3 Å². The summed E-state index contributed by atoms with van der Waals surface area (Å²) in [7, 11) is 1.59. The summed E-state index contributed by atoms with van der Waals surface area (Å²) in [5.41, 5.74) is 2.72. The number of thioether (sulfide) groups is 1. The second-order valence-electron chi connectivity index (χ2n) is 9.33. The maximum absolute atomic E-state index is 13.3. The fourth-order valence-corrected chi connectivity index (χ4v) is 4.90. The van der Waals surface area contributed by atoms with Crippen molar-refractivity contribution in [3.05, 3.63) is 95.0 Å². The molecule has 0 bridgehead atoms. The molecule has 0 atom stereocenters. The van der Waals surface area contributed by atoms with Gasteiger partial charge in [-0.2, -0.15) is 0 Å². The van der Waals surface area contributed by atoms with Crippen LogP contribution in [0.15, 0.2) is 94.4 Å². The normalized spacial score (nSPS) is 13.3. The van der Waals surface area contributed by atoms with Gasteiger partial charge in [-0.15, -0.1) is 0 Å². The number of carbonyl (C=O) groups is 3. The van der Waals surface area contributed by atoms with Gasteiger partial charge in [0, 0.05) is 29.2 Å². The number of anilines is 2. The molecule has 0 spiro atoms. The zero-order valence-electron chi connectivity index (χ0n) is 21.7. The average molecular weight is 530 g/mol. The van der Waals surface area contributed by atoms with Crippen molar-refractivity contribution in [2.24, 2.45) is 5.92 Å². The maximum atomic E-state index is 13.3. The molecule has 196 valence electrons. The van der Waals surface area contributed by atoms with Gasteiger partial charge in [0.05, 0.1) is 7.11 Å². The molecule has 4 rings (SSSR count). The Morgan fingerprint density at radius 1 is 0.895 bits per heavy atom. The molecule has 1 aliphatic heterocycles. The van der Waals surface area contributed by atoms with Crippen molar-refractivity contribution in [1.82, 2.24) is 4.90 Å². The first kappa shape index (κ1) is 27.0. The molecule has 8 heteroatoms. The van der Waals surface area contributed by atoms with Crippen molar-refractivity contribution in [3.8, 4) is 5.75 Å². The Bertz CT molecular complexity index is 1320. The number of amides is 3. The molecular formula is C30H31N3O4S. The van der Waals surface area contributed by atoms with Gasteiger partial charge in [-0.05, 0) is 66.4 Å². The summed E-state index contributed by atoms with van der Waals surface area (Å²) >= 11 is 1.23. The van der Waals surface area contributed by atoms with Crippen LogP contribution in [0.1, 0.15) is 25.8 Å². The number of benzene rings is 3. The Morgan fingerprint density at radius 3 is 2.18 bits per heavy atom. The van der Waals surface area contributed by atoms with E-state index in [1.54, 1.807) is 43.5 Å². The van der Waals surface area contributed by atoms with Crippen molar-refractivity contribution in [2.75, 3.05) is 24.3 Å². The summed E-state index contributed by atoms with van der Waals surface area (Å²) in [6.45, 7) is 4.27. The van der Waals surface area contributed by atoms with E-state index in [1.165, 1.54) is 16.7 Å². The van der Waals surface area contributed by atoms with Crippen LogP contribution < -0.4 is 15.4 Å². The molecule has 7 nitrogen and oxygen atoms in total. The van der Waals surface area contributed by atoms with Crippen LogP contribution in [0.25, 0.3) is 0 Å². The van der Waals surface area contributed by atoms with Crippen LogP contribution in [-0.2, 0) is 20.8 Å².